The van der Waals surface area contributed by atoms with Crippen molar-refractivity contribution < 1.29 is 23.8 Å². The Morgan fingerprint density at radius 1 is 1.09 bits per heavy atom. The van der Waals surface area contributed by atoms with E-state index >= 15 is 0 Å². The molecule has 1 aromatic heterocycles. The Morgan fingerprint density at radius 2 is 1.89 bits per heavy atom. The topological polar surface area (TPSA) is 79.7 Å². The molecule has 1 N–H and O–H groups in total. The van der Waals surface area contributed by atoms with Gasteiger partial charge in [-0.15, -0.1) is 0 Å². The van der Waals surface area contributed by atoms with Gasteiger partial charge in [-0.1, -0.05) is 38.0 Å². The number of amides is 1. The molecule has 1 saturated heterocycles. The van der Waals surface area contributed by atoms with Crippen molar-refractivity contribution in [2.24, 2.45) is 0 Å². The summed E-state index contributed by atoms with van der Waals surface area (Å²) in [7, 11) is 0. The highest BCUT2D eigenvalue weighted by Crippen LogP contribution is 2.41. The van der Waals surface area contributed by atoms with Crippen LogP contribution in [0.1, 0.15) is 48.9 Å². The van der Waals surface area contributed by atoms with Crippen LogP contribution in [-0.4, -0.2) is 33.3 Å². The Balaban J connectivity index is 1.77. The van der Waals surface area contributed by atoms with Crippen LogP contribution in [0.5, 0.6) is 5.75 Å². The van der Waals surface area contributed by atoms with E-state index in [2.05, 4.69) is 11.9 Å². The molecule has 1 amide bonds. The van der Waals surface area contributed by atoms with Gasteiger partial charge in [0.25, 0.3) is 11.7 Å². The molecule has 0 bridgehead atoms. The summed E-state index contributed by atoms with van der Waals surface area (Å²) < 4.78 is 19.4. The molecule has 7 heteroatoms. The number of ether oxygens (including phenoxy) is 1. The Bertz CT molecular complexity index is 1230. The van der Waals surface area contributed by atoms with E-state index < -0.39 is 23.5 Å². The molecule has 35 heavy (non-hydrogen) atoms. The number of aromatic nitrogens is 1. The van der Waals surface area contributed by atoms with Crippen molar-refractivity contribution in [3.63, 3.8) is 0 Å². The molecular weight excluding hydrogens is 447 g/mol. The molecule has 1 unspecified atom stereocenters. The summed E-state index contributed by atoms with van der Waals surface area (Å²) >= 11 is 0. The first-order valence-corrected chi connectivity index (χ1v) is 11.7. The number of ketones is 1. The number of aliphatic hydroxyl groups is 1. The Labute approximate surface area is 203 Å². The first-order valence-electron chi connectivity index (χ1n) is 11.7. The number of carbonyl (C=O) groups is 2. The lowest BCUT2D eigenvalue weighted by Gasteiger charge is -2.25. The van der Waals surface area contributed by atoms with Gasteiger partial charge in [-0.2, -0.15) is 0 Å². The summed E-state index contributed by atoms with van der Waals surface area (Å²) in [6.07, 6.45) is 6.32. The minimum atomic E-state index is -0.848. The highest BCUT2D eigenvalue weighted by Gasteiger charge is 2.46. The Hall–Kier alpha value is -4.00. The number of likely N-dealkylation sites (tertiary alicyclic amines) is 1. The van der Waals surface area contributed by atoms with Gasteiger partial charge in [-0.05, 0) is 60.0 Å². The fourth-order valence-corrected chi connectivity index (χ4v) is 4.16. The molecular formula is C28H27FN2O4. The Morgan fingerprint density at radius 3 is 2.60 bits per heavy atom. The van der Waals surface area contributed by atoms with E-state index in [4.69, 9.17) is 4.74 Å². The largest absolute Gasteiger partial charge is 0.507 e. The van der Waals surface area contributed by atoms with Gasteiger partial charge in [-0.3, -0.25) is 14.6 Å². The summed E-state index contributed by atoms with van der Waals surface area (Å²) in [6, 6.07) is 15.1. The average molecular weight is 475 g/mol. The van der Waals surface area contributed by atoms with Gasteiger partial charge in [0.15, 0.2) is 0 Å². The van der Waals surface area contributed by atoms with Crippen molar-refractivity contribution in [1.82, 2.24) is 9.88 Å². The maximum Gasteiger partial charge on any atom is 0.295 e. The first-order chi connectivity index (χ1) is 17.0. The number of aliphatic hydroxyl groups excluding tert-OH is 1. The number of hydrogen-bond acceptors (Lipinski definition) is 5. The van der Waals surface area contributed by atoms with Gasteiger partial charge in [0.1, 0.15) is 17.3 Å². The van der Waals surface area contributed by atoms with E-state index in [1.54, 1.807) is 36.7 Å². The lowest BCUT2D eigenvalue weighted by molar-refractivity contribution is -0.140. The van der Waals surface area contributed by atoms with Crippen LogP contribution in [0.4, 0.5) is 4.39 Å². The van der Waals surface area contributed by atoms with Crippen LogP contribution in [-0.2, 0) is 16.1 Å². The van der Waals surface area contributed by atoms with E-state index in [1.165, 1.54) is 29.2 Å². The van der Waals surface area contributed by atoms with Gasteiger partial charge < -0.3 is 14.7 Å². The predicted octanol–water partition coefficient (Wildman–Crippen LogP) is 5.41. The fraction of sp³-hybridized carbons (Fsp3) is 0.250. The smallest absolute Gasteiger partial charge is 0.295 e. The maximum atomic E-state index is 13.5. The van der Waals surface area contributed by atoms with Gasteiger partial charge >= 0.3 is 0 Å². The number of rotatable bonds is 9. The average Bonchev–Trinajstić information content (AvgIpc) is 3.12. The van der Waals surface area contributed by atoms with Crippen molar-refractivity contribution in [3.8, 4) is 5.75 Å². The molecule has 6 nitrogen and oxygen atoms in total. The number of halogens is 1. The third-order valence-corrected chi connectivity index (χ3v) is 5.92. The summed E-state index contributed by atoms with van der Waals surface area (Å²) in [5.41, 5.74) is 1.58. The fourth-order valence-electron chi connectivity index (χ4n) is 4.16. The molecule has 1 atom stereocenters. The molecule has 4 rings (SSSR count). The molecule has 1 fully saturated rings. The van der Waals surface area contributed by atoms with Crippen molar-refractivity contribution in [3.05, 3.63) is 101 Å². The van der Waals surface area contributed by atoms with Crippen molar-refractivity contribution in [1.29, 1.82) is 0 Å². The van der Waals surface area contributed by atoms with Crippen LogP contribution < -0.4 is 4.74 Å². The van der Waals surface area contributed by atoms with Crippen LogP contribution in [0.25, 0.3) is 5.76 Å². The van der Waals surface area contributed by atoms with Gasteiger partial charge in [-0.25, -0.2) is 4.39 Å². The van der Waals surface area contributed by atoms with E-state index in [0.717, 1.165) is 24.8 Å². The van der Waals surface area contributed by atoms with Gasteiger partial charge in [0, 0.05) is 24.5 Å². The number of hydrogen-bond donors (Lipinski definition) is 1. The van der Waals surface area contributed by atoms with Crippen molar-refractivity contribution in [2.75, 3.05) is 6.61 Å². The zero-order chi connectivity index (χ0) is 24.8. The molecule has 2 aromatic carbocycles. The molecule has 0 radical (unpaired) electrons. The maximum absolute atomic E-state index is 13.5. The second-order valence-corrected chi connectivity index (χ2v) is 8.42. The number of nitrogens with zero attached hydrogens (tertiary/aromatic N) is 2. The summed E-state index contributed by atoms with van der Waals surface area (Å²) in [6.45, 7) is 2.81. The number of carbonyl (C=O) groups excluding carboxylic acids is 2. The van der Waals surface area contributed by atoms with E-state index in [0.29, 0.717) is 17.9 Å². The number of benzene rings is 2. The minimum Gasteiger partial charge on any atom is -0.507 e. The highest BCUT2D eigenvalue weighted by atomic mass is 19.1. The van der Waals surface area contributed by atoms with Crippen LogP contribution in [0, 0.1) is 5.82 Å². The molecule has 0 aliphatic carbocycles. The number of pyridine rings is 1. The molecule has 0 saturated carbocycles. The summed E-state index contributed by atoms with van der Waals surface area (Å²) in [4.78, 5) is 31.8. The number of Topliss-reactive ketones (excluding diaryl/α,β-unsaturated/α-hetero) is 1. The monoisotopic (exact) mass is 474 g/mol. The third-order valence-electron chi connectivity index (χ3n) is 5.92. The summed E-state index contributed by atoms with van der Waals surface area (Å²) in [5, 5.41) is 11.1. The van der Waals surface area contributed by atoms with E-state index in [-0.39, 0.29) is 23.4 Å². The highest BCUT2D eigenvalue weighted by molar-refractivity contribution is 6.46. The van der Waals surface area contributed by atoms with E-state index in [1.807, 2.05) is 12.1 Å². The first kappa shape index (κ1) is 24.1. The quantitative estimate of drug-likeness (QED) is 0.194. The standard InChI is InChI=1S/C28H27FN2O4/c1-2-3-4-15-35-23-9-5-8-21(16-23)25-24(26(32)20-10-12-22(29)13-11-20)27(33)28(34)31(25)18-19-7-6-14-30-17-19/h5-14,16-17,25,32H,2-4,15,18H2,1H3. The molecule has 2 heterocycles. The second-order valence-electron chi connectivity index (χ2n) is 8.42. The SMILES string of the molecule is CCCCCOc1cccc(C2C(=C(O)c3ccc(F)cc3)C(=O)C(=O)N2Cc2cccnc2)c1. The lowest BCUT2D eigenvalue weighted by Crippen LogP contribution is -2.29. The van der Waals surface area contributed by atoms with Crippen molar-refractivity contribution >= 4 is 17.4 Å². The summed E-state index contributed by atoms with van der Waals surface area (Å²) in [5.74, 6) is -1.72. The molecule has 0 spiro atoms. The van der Waals surface area contributed by atoms with Crippen LogP contribution in [0.2, 0.25) is 0 Å². The normalized spacial score (nSPS) is 17.1. The lowest BCUT2D eigenvalue weighted by atomic mass is 9.95. The number of unbranched alkanes of at least 4 members (excludes halogenated alkanes) is 2. The molecule has 1 aliphatic heterocycles. The van der Waals surface area contributed by atoms with Crippen molar-refractivity contribution in [2.45, 2.75) is 38.8 Å². The Kier molecular flexibility index (Phi) is 7.55. The van der Waals surface area contributed by atoms with Crippen LogP contribution >= 0.6 is 0 Å². The third kappa shape index (κ3) is 5.40. The minimum absolute atomic E-state index is 0.0476. The second kappa shape index (κ2) is 11.0. The molecule has 180 valence electrons. The van der Waals surface area contributed by atoms with Gasteiger partial charge in [0.05, 0.1) is 18.2 Å². The van der Waals surface area contributed by atoms with Crippen LogP contribution in [0.15, 0.2) is 78.6 Å². The van der Waals surface area contributed by atoms with Gasteiger partial charge in [0.2, 0.25) is 0 Å². The predicted molar refractivity (Wildman–Crippen MR) is 130 cm³/mol. The zero-order valence-corrected chi connectivity index (χ0v) is 19.5. The molecule has 3 aromatic rings. The van der Waals surface area contributed by atoms with E-state index in [9.17, 15) is 19.1 Å². The van der Waals surface area contributed by atoms with Crippen LogP contribution in [0.3, 0.4) is 0 Å². The molecule has 1 aliphatic rings. The zero-order valence-electron chi connectivity index (χ0n) is 19.5.